The molecular weight excluding hydrogens is 504 g/mol. The Balaban J connectivity index is 1.98. The maximum absolute atomic E-state index is 12.0. The van der Waals surface area contributed by atoms with Crippen molar-refractivity contribution in [2.75, 3.05) is 26.4 Å². The molecule has 0 aromatic heterocycles. The van der Waals surface area contributed by atoms with Gasteiger partial charge in [-0.25, -0.2) is 0 Å². The zero-order valence-corrected chi connectivity index (χ0v) is 20.7. The van der Waals surface area contributed by atoms with Crippen molar-refractivity contribution in [2.24, 2.45) is 0 Å². The van der Waals surface area contributed by atoms with Gasteiger partial charge in [-0.1, -0.05) is 13.3 Å². The smallest absolute Gasteiger partial charge is 0.306 e. The summed E-state index contributed by atoms with van der Waals surface area (Å²) in [5, 5.41) is 70.0. The van der Waals surface area contributed by atoms with E-state index in [0.717, 1.165) is 6.42 Å². The zero-order valence-electron chi connectivity index (χ0n) is 20.7. The van der Waals surface area contributed by atoms with Crippen LogP contribution in [0.4, 0.5) is 0 Å². The van der Waals surface area contributed by atoms with Crippen molar-refractivity contribution in [1.29, 1.82) is 0 Å². The van der Waals surface area contributed by atoms with E-state index in [0.29, 0.717) is 6.42 Å². The van der Waals surface area contributed by atoms with Crippen LogP contribution in [0.25, 0.3) is 0 Å². The fraction of sp³-hybridized carbons (Fsp3) is 0.909. The van der Waals surface area contributed by atoms with Crippen LogP contribution in [-0.2, 0) is 38.0 Å². The zero-order chi connectivity index (χ0) is 27.7. The topological polar surface area (TPSA) is 231 Å². The number of hydrogen-bond acceptors (Lipinski definition) is 15. The number of esters is 2. The molecule has 216 valence electrons. The number of carbonyl (C=O) groups excluding carboxylic acids is 2. The van der Waals surface area contributed by atoms with E-state index in [1.54, 1.807) is 0 Å². The van der Waals surface area contributed by atoms with Gasteiger partial charge in [0.05, 0.1) is 19.8 Å². The minimum Gasteiger partial charge on any atom is -0.462 e. The normalized spacial score (nSPS) is 37.1. The van der Waals surface area contributed by atoms with Crippen LogP contribution in [0.5, 0.6) is 0 Å². The van der Waals surface area contributed by atoms with Crippen molar-refractivity contribution in [2.45, 2.75) is 101 Å². The molecule has 7 N–H and O–H groups in total. The number of ether oxygens (including phenoxy) is 6. The molecule has 0 radical (unpaired) electrons. The summed E-state index contributed by atoms with van der Waals surface area (Å²) in [4.78, 5) is 23.2. The summed E-state index contributed by atoms with van der Waals surface area (Å²) in [7, 11) is 0. The Labute approximate surface area is 213 Å². The third kappa shape index (κ3) is 9.04. The molecule has 11 unspecified atom stereocenters. The second kappa shape index (κ2) is 15.2. The third-order valence-electron chi connectivity index (χ3n) is 5.89. The van der Waals surface area contributed by atoms with Crippen LogP contribution >= 0.6 is 0 Å². The van der Waals surface area contributed by atoms with Crippen LogP contribution in [0.1, 0.15) is 33.1 Å². The average molecular weight is 543 g/mol. The molecule has 2 rings (SSSR count). The number of hydrogen-bond donors (Lipinski definition) is 7. The van der Waals surface area contributed by atoms with Gasteiger partial charge in [0, 0.05) is 13.3 Å². The first kappa shape index (κ1) is 31.7. The highest BCUT2D eigenvalue weighted by atomic mass is 16.7. The van der Waals surface area contributed by atoms with E-state index in [-0.39, 0.29) is 13.0 Å². The van der Waals surface area contributed by atoms with E-state index < -0.39 is 99.3 Å². The maximum Gasteiger partial charge on any atom is 0.306 e. The van der Waals surface area contributed by atoms with Crippen LogP contribution in [0.2, 0.25) is 0 Å². The number of carbonyl (C=O) groups is 2. The molecule has 0 spiro atoms. The predicted octanol–water partition coefficient (Wildman–Crippen LogP) is -3.71. The standard InChI is InChI=1S/C22H38O15/c1-3-4-5-14(25)35-11(7-32-10(2)24)8-33-21-20(31)18(29)16(27)13(37-21)9-34-22-19(30)17(28)15(26)12(6-23)36-22/h11-13,15-23,26-31H,3-9H2,1-2H3. The lowest BCUT2D eigenvalue weighted by atomic mass is 9.98. The van der Waals surface area contributed by atoms with Crippen LogP contribution in [0.3, 0.4) is 0 Å². The molecule has 37 heavy (non-hydrogen) atoms. The van der Waals surface area contributed by atoms with E-state index in [1.165, 1.54) is 6.92 Å². The molecule has 2 aliphatic heterocycles. The van der Waals surface area contributed by atoms with Crippen molar-refractivity contribution < 1.29 is 73.8 Å². The first-order valence-electron chi connectivity index (χ1n) is 12.1. The number of unbranched alkanes of at least 4 members (excludes halogenated alkanes) is 1. The molecule has 0 saturated carbocycles. The van der Waals surface area contributed by atoms with Crippen molar-refractivity contribution in [3.05, 3.63) is 0 Å². The second-order valence-electron chi connectivity index (χ2n) is 8.90. The molecule has 0 aliphatic carbocycles. The molecular formula is C22H38O15. The minimum atomic E-state index is -1.75. The fourth-order valence-corrected chi connectivity index (χ4v) is 3.68. The van der Waals surface area contributed by atoms with Gasteiger partial charge < -0.3 is 64.2 Å². The predicted molar refractivity (Wildman–Crippen MR) is 118 cm³/mol. The van der Waals surface area contributed by atoms with Gasteiger partial charge in [-0.3, -0.25) is 9.59 Å². The van der Waals surface area contributed by atoms with Gasteiger partial charge in [0.1, 0.15) is 55.4 Å². The third-order valence-corrected chi connectivity index (χ3v) is 5.89. The highest BCUT2D eigenvalue weighted by molar-refractivity contribution is 5.69. The average Bonchev–Trinajstić information content (AvgIpc) is 2.87. The van der Waals surface area contributed by atoms with Crippen LogP contribution in [-0.4, -0.2) is 142 Å². The van der Waals surface area contributed by atoms with Crippen molar-refractivity contribution >= 4 is 11.9 Å². The molecule has 0 aromatic rings. The minimum absolute atomic E-state index is 0.137. The lowest BCUT2D eigenvalue weighted by Gasteiger charge is -2.42. The number of aliphatic hydroxyl groups excluding tert-OH is 7. The van der Waals surface area contributed by atoms with Gasteiger partial charge in [-0.05, 0) is 6.42 Å². The van der Waals surface area contributed by atoms with E-state index in [9.17, 15) is 45.3 Å². The monoisotopic (exact) mass is 542 g/mol. The van der Waals surface area contributed by atoms with E-state index in [1.807, 2.05) is 6.92 Å². The van der Waals surface area contributed by atoms with Gasteiger partial charge in [0.2, 0.25) is 0 Å². The summed E-state index contributed by atoms with van der Waals surface area (Å²) < 4.78 is 31.7. The Morgan fingerprint density at radius 2 is 1.38 bits per heavy atom. The molecule has 15 heteroatoms. The summed E-state index contributed by atoms with van der Waals surface area (Å²) in [5.74, 6) is -1.17. The Kier molecular flexibility index (Phi) is 13.0. The summed E-state index contributed by atoms with van der Waals surface area (Å²) >= 11 is 0. The van der Waals surface area contributed by atoms with Crippen molar-refractivity contribution in [3.8, 4) is 0 Å². The van der Waals surface area contributed by atoms with Crippen LogP contribution < -0.4 is 0 Å². The molecule has 2 fully saturated rings. The fourth-order valence-electron chi connectivity index (χ4n) is 3.68. The summed E-state index contributed by atoms with van der Waals surface area (Å²) in [6.07, 6.45) is -15.3. The van der Waals surface area contributed by atoms with Gasteiger partial charge in [0.25, 0.3) is 0 Å². The Hall–Kier alpha value is -1.50. The van der Waals surface area contributed by atoms with Crippen molar-refractivity contribution in [3.63, 3.8) is 0 Å². The van der Waals surface area contributed by atoms with Crippen LogP contribution in [0.15, 0.2) is 0 Å². The Morgan fingerprint density at radius 1 is 0.811 bits per heavy atom. The van der Waals surface area contributed by atoms with E-state index in [2.05, 4.69) is 0 Å². The quantitative estimate of drug-likeness (QED) is 0.111. The van der Waals surface area contributed by atoms with Crippen molar-refractivity contribution in [1.82, 2.24) is 0 Å². The van der Waals surface area contributed by atoms with E-state index in [4.69, 9.17) is 28.4 Å². The summed E-state index contributed by atoms with van der Waals surface area (Å²) in [5.41, 5.74) is 0. The van der Waals surface area contributed by atoms with Gasteiger partial charge >= 0.3 is 11.9 Å². The summed E-state index contributed by atoms with van der Waals surface area (Å²) in [6.45, 7) is 1.14. The molecule has 2 heterocycles. The lowest BCUT2D eigenvalue weighted by Crippen LogP contribution is -2.61. The number of rotatable bonds is 13. The first-order chi connectivity index (χ1) is 17.5. The maximum atomic E-state index is 12.0. The van der Waals surface area contributed by atoms with Gasteiger partial charge in [-0.15, -0.1) is 0 Å². The van der Waals surface area contributed by atoms with Gasteiger partial charge in [0.15, 0.2) is 18.7 Å². The molecule has 0 amide bonds. The second-order valence-corrected chi connectivity index (χ2v) is 8.90. The SMILES string of the molecule is CCCCC(=O)OC(COC(C)=O)COC1OC(COC2OC(CO)C(O)C(O)C2O)C(O)C(O)C1O. The molecule has 0 bridgehead atoms. The largest absolute Gasteiger partial charge is 0.462 e. The van der Waals surface area contributed by atoms with Crippen LogP contribution in [0, 0.1) is 0 Å². The molecule has 2 saturated heterocycles. The molecule has 11 atom stereocenters. The first-order valence-corrected chi connectivity index (χ1v) is 12.1. The lowest BCUT2D eigenvalue weighted by molar-refractivity contribution is -0.332. The number of aliphatic hydroxyl groups is 7. The van der Waals surface area contributed by atoms with Gasteiger partial charge in [-0.2, -0.15) is 0 Å². The van der Waals surface area contributed by atoms with E-state index >= 15 is 0 Å². The highest BCUT2D eigenvalue weighted by Gasteiger charge is 2.47. The molecule has 0 aromatic carbocycles. The summed E-state index contributed by atoms with van der Waals surface area (Å²) in [6, 6.07) is 0. The molecule has 15 nitrogen and oxygen atoms in total. The highest BCUT2D eigenvalue weighted by Crippen LogP contribution is 2.26. The Morgan fingerprint density at radius 3 is 1.95 bits per heavy atom. The Bertz CT molecular complexity index is 706. The molecule has 2 aliphatic rings.